The Bertz CT molecular complexity index is 319. The van der Waals surface area contributed by atoms with Gasteiger partial charge in [-0.15, -0.1) is 0 Å². The van der Waals surface area contributed by atoms with Gasteiger partial charge in [0, 0.05) is 13.0 Å². The van der Waals surface area contributed by atoms with E-state index in [-0.39, 0.29) is 6.10 Å². The van der Waals surface area contributed by atoms with Crippen molar-refractivity contribution >= 4 is 0 Å². The standard InChI is InChI=1S/C16H25NO/c1-14(12-15-8-4-2-5-9-15)18-17-13-16-10-6-3-7-11-16/h2,4-5,8-9,14,16-17H,3,6-7,10-13H2,1H3. The third-order valence-corrected chi connectivity index (χ3v) is 3.75. The van der Waals surface area contributed by atoms with Crippen LogP contribution in [0.5, 0.6) is 0 Å². The summed E-state index contributed by atoms with van der Waals surface area (Å²) in [6.07, 6.45) is 8.14. The van der Waals surface area contributed by atoms with Crippen molar-refractivity contribution in [3.8, 4) is 0 Å². The summed E-state index contributed by atoms with van der Waals surface area (Å²) in [6.45, 7) is 3.14. The normalized spacial score (nSPS) is 18.7. The largest absolute Gasteiger partial charge is 0.298 e. The molecule has 1 fully saturated rings. The molecule has 0 aliphatic heterocycles. The molecule has 1 aromatic rings. The van der Waals surface area contributed by atoms with Crippen LogP contribution in [0.3, 0.4) is 0 Å². The first kappa shape index (κ1) is 13.6. The summed E-state index contributed by atoms with van der Waals surface area (Å²) in [5.41, 5.74) is 4.51. The molecule has 0 aromatic heterocycles. The highest BCUT2D eigenvalue weighted by Crippen LogP contribution is 2.22. The lowest BCUT2D eigenvalue weighted by Gasteiger charge is -2.22. The van der Waals surface area contributed by atoms with Gasteiger partial charge >= 0.3 is 0 Å². The van der Waals surface area contributed by atoms with Crippen molar-refractivity contribution in [1.82, 2.24) is 5.48 Å². The molecule has 0 saturated heterocycles. The van der Waals surface area contributed by atoms with Crippen LogP contribution in [0.25, 0.3) is 0 Å². The Morgan fingerprint density at radius 1 is 1.17 bits per heavy atom. The van der Waals surface area contributed by atoms with E-state index in [1.807, 2.05) is 0 Å². The van der Waals surface area contributed by atoms with Crippen LogP contribution >= 0.6 is 0 Å². The molecule has 1 aliphatic rings. The fourth-order valence-electron chi connectivity index (χ4n) is 2.69. The molecule has 1 aliphatic carbocycles. The van der Waals surface area contributed by atoms with Crippen LogP contribution in [-0.4, -0.2) is 12.6 Å². The van der Waals surface area contributed by atoms with Gasteiger partial charge in [0.2, 0.25) is 0 Å². The summed E-state index contributed by atoms with van der Waals surface area (Å²) in [5.74, 6) is 0.822. The first-order chi connectivity index (χ1) is 8.84. The van der Waals surface area contributed by atoms with E-state index in [4.69, 9.17) is 4.84 Å². The Morgan fingerprint density at radius 3 is 2.61 bits per heavy atom. The van der Waals surface area contributed by atoms with Crippen molar-refractivity contribution in [2.45, 2.75) is 51.6 Å². The zero-order valence-corrected chi connectivity index (χ0v) is 11.4. The SMILES string of the molecule is CC(Cc1ccccc1)ONCC1CCCCC1. The Balaban J connectivity index is 1.61. The van der Waals surface area contributed by atoms with Gasteiger partial charge in [0.05, 0.1) is 6.10 Å². The molecule has 1 unspecified atom stereocenters. The van der Waals surface area contributed by atoms with Crippen LogP contribution in [0.4, 0.5) is 0 Å². The number of hydrogen-bond donors (Lipinski definition) is 1. The topological polar surface area (TPSA) is 21.3 Å². The fourth-order valence-corrected chi connectivity index (χ4v) is 2.69. The Morgan fingerprint density at radius 2 is 1.89 bits per heavy atom. The summed E-state index contributed by atoms with van der Waals surface area (Å²) >= 11 is 0. The van der Waals surface area contributed by atoms with Gasteiger partial charge in [0.1, 0.15) is 0 Å². The minimum Gasteiger partial charge on any atom is -0.298 e. The van der Waals surface area contributed by atoms with Crippen molar-refractivity contribution < 1.29 is 4.84 Å². The van der Waals surface area contributed by atoms with E-state index < -0.39 is 0 Å². The maximum absolute atomic E-state index is 5.70. The minimum absolute atomic E-state index is 0.232. The molecule has 100 valence electrons. The molecule has 2 nitrogen and oxygen atoms in total. The van der Waals surface area contributed by atoms with Gasteiger partial charge in [-0.3, -0.25) is 4.84 Å². The Hall–Kier alpha value is -0.860. The first-order valence-electron chi connectivity index (χ1n) is 7.27. The van der Waals surface area contributed by atoms with Gasteiger partial charge in [-0.05, 0) is 31.2 Å². The number of rotatable bonds is 6. The molecule has 0 heterocycles. The van der Waals surface area contributed by atoms with Gasteiger partial charge in [-0.25, -0.2) is 5.48 Å². The maximum atomic E-state index is 5.70. The van der Waals surface area contributed by atoms with E-state index in [1.165, 1.54) is 37.7 Å². The van der Waals surface area contributed by atoms with Gasteiger partial charge in [0.25, 0.3) is 0 Å². The molecule has 0 radical (unpaired) electrons. The zero-order valence-electron chi connectivity index (χ0n) is 11.4. The minimum atomic E-state index is 0.232. The molecular weight excluding hydrogens is 222 g/mol. The van der Waals surface area contributed by atoms with Crippen LogP contribution in [0.2, 0.25) is 0 Å². The number of hydrogen-bond acceptors (Lipinski definition) is 2. The number of hydroxylamine groups is 1. The van der Waals surface area contributed by atoms with Crippen LogP contribution in [0.1, 0.15) is 44.6 Å². The van der Waals surface area contributed by atoms with Crippen LogP contribution in [-0.2, 0) is 11.3 Å². The lowest BCUT2D eigenvalue weighted by atomic mass is 9.89. The summed E-state index contributed by atoms with van der Waals surface area (Å²) in [5, 5.41) is 0. The fraction of sp³-hybridized carbons (Fsp3) is 0.625. The van der Waals surface area contributed by atoms with E-state index in [9.17, 15) is 0 Å². The molecule has 0 bridgehead atoms. The van der Waals surface area contributed by atoms with Gasteiger partial charge in [-0.2, -0.15) is 0 Å². The third-order valence-electron chi connectivity index (χ3n) is 3.75. The molecule has 1 aromatic carbocycles. The summed E-state index contributed by atoms with van der Waals surface area (Å²) < 4.78 is 0. The predicted molar refractivity (Wildman–Crippen MR) is 75.3 cm³/mol. The average molecular weight is 247 g/mol. The van der Waals surface area contributed by atoms with E-state index in [0.717, 1.165) is 18.9 Å². The molecule has 1 atom stereocenters. The van der Waals surface area contributed by atoms with E-state index in [1.54, 1.807) is 0 Å². The van der Waals surface area contributed by atoms with Crippen LogP contribution in [0, 0.1) is 5.92 Å². The third kappa shape index (κ3) is 4.79. The van der Waals surface area contributed by atoms with Gasteiger partial charge < -0.3 is 0 Å². The monoisotopic (exact) mass is 247 g/mol. The lowest BCUT2D eigenvalue weighted by Crippen LogP contribution is -2.29. The van der Waals surface area contributed by atoms with Crippen molar-refractivity contribution in [3.63, 3.8) is 0 Å². The molecule has 1 saturated carbocycles. The highest BCUT2D eigenvalue weighted by Gasteiger charge is 2.13. The molecule has 0 amide bonds. The second kappa shape index (κ2) is 7.55. The first-order valence-corrected chi connectivity index (χ1v) is 7.27. The van der Waals surface area contributed by atoms with Crippen molar-refractivity contribution in [3.05, 3.63) is 35.9 Å². The molecular formula is C16H25NO. The zero-order chi connectivity index (χ0) is 12.6. The molecule has 1 N–H and O–H groups in total. The molecule has 2 heteroatoms. The maximum Gasteiger partial charge on any atom is 0.0802 e. The highest BCUT2D eigenvalue weighted by atomic mass is 16.7. The Kier molecular flexibility index (Phi) is 5.69. The van der Waals surface area contributed by atoms with Crippen molar-refractivity contribution in [2.75, 3.05) is 6.54 Å². The van der Waals surface area contributed by atoms with E-state index >= 15 is 0 Å². The van der Waals surface area contributed by atoms with Crippen molar-refractivity contribution in [1.29, 1.82) is 0 Å². The van der Waals surface area contributed by atoms with Gasteiger partial charge in [-0.1, -0.05) is 49.6 Å². The number of nitrogens with one attached hydrogen (secondary N) is 1. The predicted octanol–water partition coefficient (Wildman–Crippen LogP) is 3.72. The molecule has 2 rings (SSSR count). The van der Waals surface area contributed by atoms with E-state index in [2.05, 4.69) is 42.7 Å². The van der Waals surface area contributed by atoms with Crippen molar-refractivity contribution in [2.24, 2.45) is 5.92 Å². The smallest absolute Gasteiger partial charge is 0.0802 e. The Labute approximate surface area is 111 Å². The summed E-state index contributed by atoms with van der Waals surface area (Å²) in [6, 6.07) is 10.5. The molecule has 18 heavy (non-hydrogen) atoms. The highest BCUT2D eigenvalue weighted by molar-refractivity contribution is 5.15. The quantitative estimate of drug-likeness (QED) is 0.774. The lowest BCUT2D eigenvalue weighted by molar-refractivity contribution is -0.0228. The van der Waals surface area contributed by atoms with Crippen LogP contribution in [0.15, 0.2) is 30.3 Å². The average Bonchev–Trinajstić information content (AvgIpc) is 2.41. The second-order valence-corrected chi connectivity index (χ2v) is 5.47. The summed E-state index contributed by atoms with van der Waals surface area (Å²) in [4.78, 5) is 5.70. The van der Waals surface area contributed by atoms with Gasteiger partial charge in [0.15, 0.2) is 0 Å². The van der Waals surface area contributed by atoms with Crippen LogP contribution < -0.4 is 5.48 Å². The summed E-state index contributed by atoms with van der Waals surface area (Å²) in [7, 11) is 0. The molecule has 0 spiro atoms. The van der Waals surface area contributed by atoms with E-state index in [0.29, 0.717) is 0 Å². The second-order valence-electron chi connectivity index (χ2n) is 5.47. The number of benzene rings is 1.